The van der Waals surface area contributed by atoms with Crippen LogP contribution in [0.2, 0.25) is 5.15 Å². The third kappa shape index (κ3) is 2.50. The molecule has 4 aliphatic rings. The highest BCUT2D eigenvalue weighted by Crippen LogP contribution is 2.56. The average Bonchev–Trinajstić information content (AvgIpc) is 2.41. The standard InChI is InChI=1S/C16H18BrClN2O/c17-12-6-13(15(18)19-7-12)20-16(21)14-10-2-8-1-9(4-10)5-11(14)3-8/h6-11,14H,1-5H2,(H,20,21). The van der Waals surface area contributed by atoms with Gasteiger partial charge in [0.2, 0.25) is 5.91 Å². The number of carbonyl (C=O) groups excluding carboxylic acids is 1. The fourth-order valence-electron chi connectivity index (χ4n) is 5.08. The van der Waals surface area contributed by atoms with Crippen molar-refractivity contribution in [2.75, 3.05) is 5.32 Å². The molecule has 112 valence electrons. The molecule has 5 heteroatoms. The van der Waals surface area contributed by atoms with Gasteiger partial charge in [-0.3, -0.25) is 4.79 Å². The van der Waals surface area contributed by atoms with Gasteiger partial charge in [-0.1, -0.05) is 11.6 Å². The summed E-state index contributed by atoms with van der Waals surface area (Å²) in [7, 11) is 0. The third-order valence-corrected chi connectivity index (χ3v) is 6.33. The highest BCUT2D eigenvalue weighted by Gasteiger charge is 2.50. The van der Waals surface area contributed by atoms with Crippen LogP contribution in [-0.4, -0.2) is 10.9 Å². The lowest BCUT2D eigenvalue weighted by Crippen LogP contribution is -2.49. The first-order chi connectivity index (χ1) is 10.1. The molecule has 1 aromatic heterocycles. The summed E-state index contributed by atoms with van der Waals surface area (Å²) in [5.74, 6) is 3.25. The summed E-state index contributed by atoms with van der Waals surface area (Å²) >= 11 is 9.46. The highest BCUT2D eigenvalue weighted by molar-refractivity contribution is 9.10. The van der Waals surface area contributed by atoms with Crippen LogP contribution in [0.4, 0.5) is 5.69 Å². The minimum absolute atomic E-state index is 0.144. The summed E-state index contributed by atoms with van der Waals surface area (Å²) in [5, 5.41) is 3.37. The molecule has 5 rings (SSSR count). The zero-order chi connectivity index (χ0) is 14.6. The monoisotopic (exact) mass is 368 g/mol. The van der Waals surface area contributed by atoms with Crippen LogP contribution in [0.15, 0.2) is 16.7 Å². The third-order valence-electron chi connectivity index (χ3n) is 5.59. The summed E-state index contributed by atoms with van der Waals surface area (Å²) < 4.78 is 0.826. The number of nitrogens with zero attached hydrogens (tertiary/aromatic N) is 1. The maximum absolute atomic E-state index is 12.8. The van der Waals surface area contributed by atoms with Crippen LogP contribution in [0.5, 0.6) is 0 Å². The van der Waals surface area contributed by atoms with Crippen LogP contribution in [0.25, 0.3) is 0 Å². The van der Waals surface area contributed by atoms with E-state index in [1.807, 2.05) is 6.07 Å². The van der Waals surface area contributed by atoms with Gasteiger partial charge < -0.3 is 5.32 Å². The molecule has 4 aliphatic carbocycles. The molecule has 0 spiro atoms. The number of hydrogen-bond acceptors (Lipinski definition) is 2. The molecule has 4 saturated carbocycles. The first-order valence-electron chi connectivity index (χ1n) is 7.72. The van der Waals surface area contributed by atoms with Gasteiger partial charge in [0.1, 0.15) is 0 Å². The van der Waals surface area contributed by atoms with E-state index in [1.165, 1.54) is 32.1 Å². The van der Waals surface area contributed by atoms with Crippen molar-refractivity contribution in [2.45, 2.75) is 32.1 Å². The van der Waals surface area contributed by atoms with E-state index in [9.17, 15) is 4.79 Å². The minimum Gasteiger partial charge on any atom is -0.323 e. The predicted molar refractivity (Wildman–Crippen MR) is 86.1 cm³/mol. The predicted octanol–water partition coefficient (Wildman–Crippen LogP) is 4.51. The molecule has 0 aromatic carbocycles. The van der Waals surface area contributed by atoms with Crippen LogP contribution in [-0.2, 0) is 4.79 Å². The molecule has 3 nitrogen and oxygen atoms in total. The first kappa shape index (κ1) is 14.0. The van der Waals surface area contributed by atoms with Gasteiger partial charge in [-0.15, -0.1) is 0 Å². The quantitative estimate of drug-likeness (QED) is 0.779. The van der Waals surface area contributed by atoms with E-state index in [0.717, 1.165) is 16.3 Å². The number of halogens is 2. The Morgan fingerprint density at radius 1 is 1.19 bits per heavy atom. The van der Waals surface area contributed by atoms with Gasteiger partial charge >= 0.3 is 0 Å². The highest BCUT2D eigenvalue weighted by atomic mass is 79.9. The second kappa shape index (κ2) is 5.24. The molecule has 0 saturated heterocycles. The Labute approximate surface area is 138 Å². The maximum atomic E-state index is 12.8. The molecule has 1 amide bonds. The zero-order valence-corrected chi connectivity index (χ0v) is 14.0. The topological polar surface area (TPSA) is 42.0 Å². The van der Waals surface area contributed by atoms with Crippen molar-refractivity contribution < 1.29 is 4.79 Å². The molecule has 1 aromatic rings. The van der Waals surface area contributed by atoms with E-state index in [2.05, 4.69) is 26.2 Å². The number of pyridine rings is 1. The molecule has 0 radical (unpaired) electrons. The Hall–Kier alpha value is -0.610. The van der Waals surface area contributed by atoms with Crippen molar-refractivity contribution in [1.82, 2.24) is 4.98 Å². The minimum atomic E-state index is 0.144. The van der Waals surface area contributed by atoms with Crippen LogP contribution < -0.4 is 5.32 Å². The van der Waals surface area contributed by atoms with E-state index in [4.69, 9.17) is 11.6 Å². The summed E-state index contributed by atoms with van der Waals surface area (Å²) in [6, 6.07) is 1.82. The Morgan fingerprint density at radius 2 is 1.81 bits per heavy atom. The van der Waals surface area contributed by atoms with Crippen molar-refractivity contribution in [3.63, 3.8) is 0 Å². The Bertz CT molecular complexity index is 564. The van der Waals surface area contributed by atoms with Crippen LogP contribution in [0.1, 0.15) is 32.1 Å². The first-order valence-corrected chi connectivity index (χ1v) is 8.89. The van der Waals surface area contributed by atoms with E-state index < -0.39 is 0 Å². The maximum Gasteiger partial charge on any atom is 0.228 e. The fourth-order valence-corrected chi connectivity index (χ4v) is 5.56. The van der Waals surface area contributed by atoms with Gasteiger partial charge in [0, 0.05) is 16.6 Å². The summed E-state index contributed by atoms with van der Waals surface area (Å²) in [4.78, 5) is 16.8. The molecule has 1 heterocycles. The van der Waals surface area contributed by atoms with Crippen molar-refractivity contribution in [1.29, 1.82) is 0 Å². The zero-order valence-electron chi connectivity index (χ0n) is 11.7. The molecule has 0 aliphatic heterocycles. The van der Waals surface area contributed by atoms with Crippen LogP contribution in [0, 0.1) is 29.6 Å². The smallest absolute Gasteiger partial charge is 0.228 e. The van der Waals surface area contributed by atoms with E-state index in [0.29, 0.717) is 22.7 Å². The molecule has 0 atom stereocenters. The molecule has 4 bridgehead atoms. The molecule has 0 unspecified atom stereocenters. The number of hydrogen-bond donors (Lipinski definition) is 1. The lowest BCUT2D eigenvalue weighted by molar-refractivity contribution is -0.132. The van der Waals surface area contributed by atoms with Gasteiger partial charge in [0.15, 0.2) is 5.15 Å². The van der Waals surface area contributed by atoms with Gasteiger partial charge in [-0.25, -0.2) is 4.98 Å². The summed E-state index contributed by atoms with van der Waals surface area (Å²) in [5.41, 5.74) is 0.616. The largest absolute Gasteiger partial charge is 0.323 e. The van der Waals surface area contributed by atoms with Crippen molar-refractivity contribution in [3.8, 4) is 0 Å². The number of nitrogens with one attached hydrogen (secondary N) is 1. The van der Waals surface area contributed by atoms with Gasteiger partial charge in [0.25, 0.3) is 0 Å². The number of rotatable bonds is 2. The fraction of sp³-hybridized carbons (Fsp3) is 0.625. The molecular formula is C16H18BrClN2O. The van der Waals surface area contributed by atoms with Gasteiger partial charge in [-0.2, -0.15) is 0 Å². The van der Waals surface area contributed by atoms with Crippen LogP contribution in [0.3, 0.4) is 0 Å². The SMILES string of the molecule is O=C(Nc1cc(Br)cnc1Cl)C1C2CC3CC(C2)CC1C3. The summed E-state index contributed by atoms with van der Waals surface area (Å²) in [6.07, 6.45) is 8.03. The lowest BCUT2D eigenvalue weighted by atomic mass is 9.51. The Balaban J connectivity index is 1.54. The molecule has 21 heavy (non-hydrogen) atoms. The van der Waals surface area contributed by atoms with Gasteiger partial charge in [-0.05, 0) is 77.8 Å². The van der Waals surface area contributed by atoms with E-state index in [-0.39, 0.29) is 11.8 Å². The molecular weight excluding hydrogens is 352 g/mol. The van der Waals surface area contributed by atoms with Crippen molar-refractivity contribution >= 4 is 39.1 Å². The van der Waals surface area contributed by atoms with Crippen molar-refractivity contribution in [2.24, 2.45) is 29.6 Å². The summed E-state index contributed by atoms with van der Waals surface area (Å²) in [6.45, 7) is 0. The molecule has 1 N–H and O–H groups in total. The second-order valence-electron chi connectivity index (χ2n) is 6.94. The van der Waals surface area contributed by atoms with Gasteiger partial charge in [0.05, 0.1) is 5.69 Å². The molecule has 4 fully saturated rings. The number of anilines is 1. The number of carbonyl (C=O) groups is 1. The number of amides is 1. The van der Waals surface area contributed by atoms with E-state index in [1.54, 1.807) is 6.20 Å². The number of aromatic nitrogens is 1. The van der Waals surface area contributed by atoms with E-state index >= 15 is 0 Å². The average molecular weight is 370 g/mol. The lowest BCUT2D eigenvalue weighted by Gasteiger charge is -2.53. The Kier molecular flexibility index (Phi) is 3.49. The van der Waals surface area contributed by atoms with Crippen LogP contribution >= 0.6 is 27.5 Å². The Morgan fingerprint density at radius 3 is 2.43 bits per heavy atom. The second-order valence-corrected chi connectivity index (χ2v) is 8.21. The van der Waals surface area contributed by atoms with Crippen molar-refractivity contribution in [3.05, 3.63) is 21.9 Å². The normalized spacial score (nSPS) is 36.8.